The average molecular weight is 720 g/mol. The normalized spacial score (nSPS) is 13.3. The minimum Gasteiger partial charge on any atom is -0.491 e. The number of aromatic nitrogens is 2. The lowest BCUT2D eigenvalue weighted by Crippen LogP contribution is -2.48. The minimum atomic E-state index is -2.94. The van der Waals surface area contributed by atoms with Gasteiger partial charge in [-0.1, -0.05) is 12.1 Å². The van der Waals surface area contributed by atoms with E-state index in [1.165, 1.54) is 40.9 Å². The number of alkyl halides is 2. The third kappa shape index (κ3) is 8.94. The second-order valence-corrected chi connectivity index (χ2v) is 12.4. The van der Waals surface area contributed by atoms with E-state index in [1.807, 2.05) is 66.8 Å². The number of rotatable bonds is 11. The van der Waals surface area contributed by atoms with Crippen LogP contribution >= 0.6 is 12.4 Å². The molecular formula is C38H40ClF2N5O5. The van der Waals surface area contributed by atoms with Gasteiger partial charge in [-0.05, 0) is 80.1 Å². The Labute approximate surface area is 301 Å². The van der Waals surface area contributed by atoms with Crippen LogP contribution in [0.4, 0.5) is 14.5 Å². The fourth-order valence-corrected chi connectivity index (χ4v) is 5.90. The Hall–Kier alpha value is -5.20. The van der Waals surface area contributed by atoms with Gasteiger partial charge >= 0.3 is 6.61 Å². The summed E-state index contributed by atoms with van der Waals surface area (Å²) < 4.78 is 42.9. The molecule has 1 aliphatic heterocycles. The monoisotopic (exact) mass is 719 g/mol. The number of carbonyl (C=O) groups excluding carboxylic acids is 2. The van der Waals surface area contributed by atoms with Gasteiger partial charge in [0.25, 0.3) is 11.8 Å². The molecule has 10 nitrogen and oxygen atoms in total. The highest BCUT2D eigenvalue weighted by Crippen LogP contribution is 2.29. The summed E-state index contributed by atoms with van der Waals surface area (Å²) in [5.74, 6) is 1.36. The standard InChI is InChI=1S/C38H39F2N5O5.ClH/c1-25(2)48-30-11-5-26(6-12-30)24-44-17-19-45(20-18-44)37(47)34-21-28-9-15-32(22-33(28)43(34)4)49-35-16-10-29(23-41-35)42(3)36(46)27-7-13-31(14-8-27)50-38(39)40;/h5-16,21-23,25,38H,17-20,24H2,1-4H3;1H. The van der Waals surface area contributed by atoms with Crippen molar-refractivity contribution in [1.29, 1.82) is 0 Å². The number of piperazine rings is 1. The highest BCUT2D eigenvalue weighted by molar-refractivity contribution is 6.05. The fourth-order valence-electron chi connectivity index (χ4n) is 5.90. The Balaban J connectivity index is 0.00000504. The van der Waals surface area contributed by atoms with Crippen molar-refractivity contribution in [3.63, 3.8) is 0 Å². The summed E-state index contributed by atoms with van der Waals surface area (Å²) in [6, 6.07) is 24.5. The molecular weight excluding hydrogens is 680 g/mol. The number of hydrogen-bond donors (Lipinski definition) is 0. The molecule has 1 saturated heterocycles. The number of nitrogens with zero attached hydrogens (tertiary/aromatic N) is 5. The lowest BCUT2D eigenvalue weighted by Gasteiger charge is -2.34. The Morgan fingerprint density at radius 2 is 1.49 bits per heavy atom. The molecule has 3 heterocycles. The number of benzene rings is 3. The maximum Gasteiger partial charge on any atom is 0.387 e. The zero-order chi connectivity index (χ0) is 35.4. The van der Waals surface area contributed by atoms with E-state index in [2.05, 4.69) is 26.8 Å². The van der Waals surface area contributed by atoms with Crippen molar-refractivity contribution < 1.29 is 32.6 Å². The Kier molecular flexibility index (Phi) is 11.8. The van der Waals surface area contributed by atoms with E-state index in [-0.39, 0.29) is 36.1 Å². The SMILES string of the molecule is CC(C)Oc1ccc(CN2CCN(C(=O)c3cc4ccc(Oc5ccc(N(C)C(=O)c6ccc(OC(F)F)cc6)cn5)cc4n3C)CC2)cc1.Cl. The topological polar surface area (TPSA) is 89.4 Å². The van der Waals surface area contributed by atoms with Gasteiger partial charge in [0.15, 0.2) is 0 Å². The van der Waals surface area contributed by atoms with E-state index < -0.39 is 6.61 Å². The Morgan fingerprint density at radius 3 is 2.12 bits per heavy atom. The van der Waals surface area contributed by atoms with Crippen LogP contribution in [-0.4, -0.2) is 77.1 Å². The van der Waals surface area contributed by atoms with Gasteiger partial charge in [-0.2, -0.15) is 8.78 Å². The highest BCUT2D eigenvalue weighted by Gasteiger charge is 2.25. The van der Waals surface area contributed by atoms with Crippen LogP contribution in [0.3, 0.4) is 0 Å². The third-order valence-corrected chi connectivity index (χ3v) is 8.56. The zero-order valence-corrected chi connectivity index (χ0v) is 29.6. The molecule has 5 aromatic rings. The van der Waals surface area contributed by atoms with Crippen LogP contribution in [0.25, 0.3) is 10.9 Å². The van der Waals surface area contributed by atoms with Gasteiger partial charge in [-0.15, -0.1) is 12.4 Å². The summed E-state index contributed by atoms with van der Waals surface area (Å²) >= 11 is 0. The lowest BCUT2D eigenvalue weighted by molar-refractivity contribution is -0.0498. The summed E-state index contributed by atoms with van der Waals surface area (Å²) in [5, 5.41) is 0.920. The van der Waals surface area contributed by atoms with Gasteiger partial charge < -0.3 is 28.6 Å². The summed E-state index contributed by atoms with van der Waals surface area (Å²) in [6.07, 6.45) is 1.65. The first kappa shape index (κ1) is 37.1. The molecule has 13 heteroatoms. The van der Waals surface area contributed by atoms with Crippen LogP contribution in [0.1, 0.15) is 40.3 Å². The number of pyridine rings is 1. The summed E-state index contributed by atoms with van der Waals surface area (Å²) in [7, 11) is 3.47. The predicted octanol–water partition coefficient (Wildman–Crippen LogP) is 7.41. The van der Waals surface area contributed by atoms with Gasteiger partial charge in [0.1, 0.15) is 22.9 Å². The van der Waals surface area contributed by atoms with Crippen molar-refractivity contribution in [2.24, 2.45) is 7.05 Å². The van der Waals surface area contributed by atoms with Crippen molar-refractivity contribution in [3.8, 4) is 23.1 Å². The first-order valence-electron chi connectivity index (χ1n) is 16.4. The number of hydrogen-bond acceptors (Lipinski definition) is 7. The maximum atomic E-state index is 13.6. The molecule has 0 atom stereocenters. The lowest BCUT2D eigenvalue weighted by atomic mass is 10.2. The molecule has 1 fully saturated rings. The van der Waals surface area contributed by atoms with Crippen LogP contribution in [0.2, 0.25) is 0 Å². The van der Waals surface area contributed by atoms with Crippen molar-refractivity contribution in [1.82, 2.24) is 19.4 Å². The number of fused-ring (bicyclic) bond motifs is 1. The molecule has 268 valence electrons. The van der Waals surface area contributed by atoms with Crippen molar-refractivity contribution in [3.05, 3.63) is 108 Å². The van der Waals surface area contributed by atoms with Crippen molar-refractivity contribution >= 4 is 40.8 Å². The molecule has 0 radical (unpaired) electrons. The van der Waals surface area contributed by atoms with Crippen LogP contribution in [0, 0.1) is 0 Å². The van der Waals surface area contributed by atoms with E-state index in [9.17, 15) is 18.4 Å². The van der Waals surface area contributed by atoms with Crippen molar-refractivity contribution in [2.75, 3.05) is 38.1 Å². The first-order chi connectivity index (χ1) is 24.0. The molecule has 0 aliphatic carbocycles. The smallest absolute Gasteiger partial charge is 0.387 e. The molecule has 0 unspecified atom stereocenters. The Morgan fingerprint density at radius 1 is 0.843 bits per heavy atom. The van der Waals surface area contributed by atoms with Crippen LogP contribution in [-0.2, 0) is 13.6 Å². The van der Waals surface area contributed by atoms with Crippen LogP contribution in [0.5, 0.6) is 23.1 Å². The quantitative estimate of drug-likeness (QED) is 0.141. The summed E-state index contributed by atoms with van der Waals surface area (Å²) in [6.45, 7) is 4.79. The van der Waals surface area contributed by atoms with Crippen molar-refractivity contribution in [2.45, 2.75) is 33.1 Å². The van der Waals surface area contributed by atoms with E-state index in [4.69, 9.17) is 9.47 Å². The number of aryl methyl sites for hydroxylation is 1. The molecule has 0 saturated carbocycles. The summed E-state index contributed by atoms with van der Waals surface area (Å²) in [4.78, 5) is 36.6. The Bertz CT molecular complexity index is 1950. The van der Waals surface area contributed by atoms with Gasteiger partial charge in [0.05, 0.1) is 23.5 Å². The molecule has 6 rings (SSSR count). The van der Waals surface area contributed by atoms with Gasteiger partial charge in [0, 0.05) is 69.9 Å². The molecule has 0 N–H and O–H groups in total. The average Bonchev–Trinajstić information content (AvgIpc) is 3.44. The largest absolute Gasteiger partial charge is 0.491 e. The number of anilines is 1. The number of ether oxygens (including phenoxy) is 3. The number of carbonyl (C=O) groups is 2. The summed E-state index contributed by atoms with van der Waals surface area (Å²) in [5.41, 5.74) is 3.49. The van der Waals surface area contributed by atoms with E-state index in [1.54, 1.807) is 19.2 Å². The molecule has 2 amide bonds. The molecule has 0 bridgehead atoms. The molecule has 1 aliphatic rings. The number of amides is 2. The molecule has 51 heavy (non-hydrogen) atoms. The van der Waals surface area contributed by atoms with Crippen LogP contribution in [0.15, 0.2) is 91.1 Å². The fraction of sp³-hybridized carbons (Fsp3) is 0.289. The maximum absolute atomic E-state index is 13.6. The predicted molar refractivity (Wildman–Crippen MR) is 194 cm³/mol. The van der Waals surface area contributed by atoms with Gasteiger partial charge in [0.2, 0.25) is 5.88 Å². The molecule has 3 aromatic carbocycles. The van der Waals surface area contributed by atoms with E-state index in [0.29, 0.717) is 41.7 Å². The van der Waals surface area contributed by atoms with E-state index in [0.717, 1.165) is 36.3 Å². The third-order valence-electron chi connectivity index (χ3n) is 8.56. The first-order valence-corrected chi connectivity index (χ1v) is 16.4. The number of halogens is 3. The van der Waals surface area contributed by atoms with Gasteiger partial charge in [-0.25, -0.2) is 4.98 Å². The highest BCUT2D eigenvalue weighted by atomic mass is 35.5. The minimum absolute atomic E-state index is 0. The second-order valence-electron chi connectivity index (χ2n) is 12.4. The second kappa shape index (κ2) is 16.2. The van der Waals surface area contributed by atoms with E-state index >= 15 is 0 Å². The molecule has 0 spiro atoms. The zero-order valence-electron chi connectivity index (χ0n) is 28.8. The van der Waals surface area contributed by atoms with Crippen LogP contribution < -0.4 is 19.1 Å². The van der Waals surface area contributed by atoms with Gasteiger partial charge in [-0.3, -0.25) is 14.5 Å². The molecule has 2 aromatic heterocycles.